The van der Waals surface area contributed by atoms with Gasteiger partial charge >= 0.3 is 6.09 Å². The molecule has 4 bridgehead atoms. The highest BCUT2D eigenvalue weighted by atomic mass is 16.6. The third-order valence-corrected chi connectivity index (χ3v) is 6.96. The Labute approximate surface area is 158 Å². The molecule has 1 aromatic rings. The van der Waals surface area contributed by atoms with Crippen molar-refractivity contribution in [2.24, 2.45) is 17.8 Å². The van der Waals surface area contributed by atoms with Crippen LogP contribution in [0.3, 0.4) is 0 Å². The van der Waals surface area contributed by atoms with Crippen molar-refractivity contribution in [3.63, 3.8) is 0 Å². The van der Waals surface area contributed by atoms with Gasteiger partial charge in [-0.05, 0) is 62.0 Å². The molecular weight excluding hydrogens is 344 g/mol. The first kappa shape index (κ1) is 16.8. The van der Waals surface area contributed by atoms with Gasteiger partial charge in [-0.2, -0.15) is 0 Å². The van der Waals surface area contributed by atoms with Gasteiger partial charge in [-0.25, -0.2) is 4.79 Å². The maximum Gasteiger partial charge on any atom is 0.409 e. The normalized spacial score (nSPS) is 36.1. The van der Waals surface area contributed by atoms with Crippen molar-refractivity contribution < 1.29 is 19.1 Å². The molecule has 4 aliphatic carbocycles. The average molecular weight is 368 g/mol. The van der Waals surface area contributed by atoms with Crippen LogP contribution in [-0.2, 0) is 4.74 Å². The van der Waals surface area contributed by atoms with Crippen molar-refractivity contribution in [1.82, 2.24) is 9.80 Å². The minimum Gasteiger partial charge on any atom is -0.443 e. The molecule has 142 valence electrons. The molecule has 6 rings (SSSR count). The highest BCUT2D eigenvalue weighted by molar-refractivity contribution is 6.21. The Hall–Kier alpha value is -2.37. The van der Waals surface area contributed by atoms with Gasteiger partial charge < -0.3 is 9.64 Å². The molecule has 0 aromatic heterocycles. The van der Waals surface area contributed by atoms with Gasteiger partial charge in [-0.3, -0.25) is 14.5 Å². The summed E-state index contributed by atoms with van der Waals surface area (Å²) in [5.41, 5.74) is 0.614. The lowest BCUT2D eigenvalue weighted by molar-refractivity contribution is -0.154. The molecule has 2 atom stereocenters. The van der Waals surface area contributed by atoms with Crippen molar-refractivity contribution in [3.05, 3.63) is 35.4 Å². The summed E-state index contributed by atoms with van der Waals surface area (Å²) in [6, 6.07) is 7.03. The fourth-order valence-corrected chi connectivity index (χ4v) is 6.22. The summed E-state index contributed by atoms with van der Waals surface area (Å²) < 4.78 is 5.94. The van der Waals surface area contributed by atoms with Gasteiger partial charge in [-0.1, -0.05) is 12.1 Å². The quantitative estimate of drug-likeness (QED) is 0.753. The van der Waals surface area contributed by atoms with E-state index in [2.05, 4.69) is 0 Å². The van der Waals surface area contributed by atoms with E-state index in [1.165, 1.54) is 9.80 Å². The van der Waals surface area contributed by atoms with Gasteiger partial charge in [0.2, 0.25) is 0 Å². The molecule has 0 radical (unpaired) electrons. The fourth-order valence-electron chi connectivity index (χ4n) is 6.22. The zero-order valence-corrected chi connectivity index (χ0v) is 15.7. The van der Waals surface area contributed by atoms with Gasteiger partial charge in [0.25, 0.3) is 11.8 Å². The van der Waals surface area contributed by atoms with Gasteiger partial charge in [0, 0.05) is 20.1 Å². The zero-order chi connectivity index (χ0) is 18.9. The number of carbonyl (C=O) groups is 3. The Morgan fingerprint density at radius 3 is 2.11 bits per heavy atom. The van der Waals surface area contributed by atoms with Crippen molar-refractivity contribution in [1.29, 1.82) is 0 Å². The molecule has 5 aliphatic rings. The summed E-state index contributed by atoms with van der Waals surface area (Å²) in [4.78, 5) is 41.2. The number of nitrogens with zero attached hydrogens (tertiary/aromatic N) is 2. The summed E-state index contributed by atoms with van der Waals surface area (Å²) in [5, 5.41) is 0. The van der Waals surface area contributed by atoms with Crippen molar-refractivity contribution in [3.8, 4) is 0 Å². The van der Waals surface area contributed by atoms with Crippen LogP contribution in [0, 0.1) is 17.8 Å². The average Bonchev–Trinajstić information content (AvgIpc) is 2.86. The molecule has 1 aromatic carbocycles. The summed E-state index contributed by atoms with van der Waals surface area (Å²) in [5.74, 6) is 0.630. The van der Waals surface area contributed by atoms with Gasteiger partial charge in [-0.15, -0.1) is 0 Å². The van der Waals surface area contributed by atoms with E-state index in [-0.39, 0.29) is 35.8 Å². The van der Waals surface area contributed by atoms with E-state index in [0.29, 0.717) is 17.0 Å². The van der Waals surface area contributed by atoms with Crippen LogP contribution in [0.5, 0.6) is 0 Å². The molecule has 6 heteroatoms. The first-order valence-electron chi connectivity index (χ1n) is 9.76. The fraction of sp³-hybridized carbons (Fsp3) is 0.571. The topological polar surface area (TPSA) is 66.9 Å². The number of imide groups is 1. The smallest absolute Gasteiger partial charge is 0.409 e. The van der Waals surface area contributed by atoms with Crippen molar-refractivity contribution in [2.45, 2.75) is 43.7 Å². The van der Waals surface area contributed by atoms with Crippen LogP contribution in [0.25, 0.3) is 0 Å². The standard InChI is InChI=1S/C21H24N2O4/c1-22(2)20(26)27-21-9-12-7-13(10-21)17(14(8-12)11-21)23-18(24)15-5-3-4-6-16(15)19(23)25/h3-6,12-14,17H,7-11H2,1-2H3. The lowest BCUT2D eigenvalue weighted by Gasteiger charge is -2.60. The Morgan fingerprint density at radius 2 is 1.59 bits per heavy atom. The predicted molar refractivity (Wildman–Crippen MR) is 97.2 cm³/mol. The van der Waals surface area contributed by atoms with Crippen LogP contribution in [-0.4, -0.2) is 53.4 Å². The monoisotopic (exact) mass is 368 g/mol. The summed E-state index contributed by atoms with van der Waals surface area (Å²) in [7, 11) is 3.40. The summed E-state index contributed by atoms with van der Waals surface area (Å²) in [6.45, 7) is 0. The second-order valence-electron chi connectivity index (χ2n) is 8.93. The molecule has 0 spiro atoms. The third-order valence-electron chi connectivity index (χ3n) is 6.96. The van der Waals surface area contributed by atoms with Gasteiger partial charge in [0.15, 0.2) is 0 Å². The minimum absolute atomic E-state index is 0.0693. The van der Waals surface area contributed by atoms with E-state index in [9.17, 15) is 14.4 Å². The zero-order valence-electron chi connectivity index (χ0n) is 15.7. The van der Waals surface area contributed by atoms with Crippen LogP contribution in [0.4, 0.5) is 4.79 Å². The van der Waals surface area contributed by atoms with E-state index < -0.39 is 5.60 Å². The maximum atomic E-state index is 13.0. The van der Waals surface area contributed by atoms with Gasteiger partial charge in [0.05, 0.1) is 11.1 Å². The van der Waals surface area contributed by atoms with Crippen molar-refractivity contribution >= 4 is 17.9 Å². The molecule has 2 unspecified atom stereocenters. The summed E-state index contributed by atoms with van der Waals surface area (Å²) in [6.07, 6.45) is 4.13. The molecule has 3 amide bonds. The highest BCUT2D eigenvalue weighted by Gasteiger charge is 2.61. The SMILES string of the molecule is CN(C)C(=O)OC12CC3CC(C1)C(N1C(=O)c4ccccc4C1=O)C(C3)C2. The van der Waals surface area contributed by atoms with E-state index in [1.807, 2.05) is 0 Å². The number of rotatable bonds is 2. The van der Waals surface area contributed by atoms with Crippen LogP contribution < -0.4 is 0 Å². The molecule has 27 heavy (non-hydrogen) atoms. The number of fused-ring (bicyclic) bond motifs is 1. The highest BCUT2D eigenvalue weighted by Crippen LogP contribution is 2.59. The molecule has 1 heterocycles. The molecule has 6 nitrogen and oxygen atoms in total. The largest absolute Gasteiger partial charge is 0.443 e. The number of ether oxygens (including phenoxy) is 1. The van der Waals surface area contributed by atoms with Crippen LogP contribution in [0.1, 0.15) is 52.8 Å². The van der Waals surface area contributed by atoms with E-state index in [0.717, 1.165) is 32.1 Å². The second kappa shape index (κ2) is 5.57. The summed E-state index contributed by atoms with van der Waals surface area (Å²) >= 11 is 0. The van der Waals surface area contributed by atoms with Crippen LogP contribution >= 0.6 is 0 Å². The number of carbonyl (C=O) groups excluding carboxylic acids is 3. The van der Waals surface area contributed by atoms with Crippen LogP contribution in [0.2, 0.25) is 0 Å². The predicted octanol–water partition coefficient (Wildman–Crippen LogP) is 2.93. The van der Waals surface area contributed by atoms with Gasteiger partial charge in [0.1, 0.15) is 5.60 Å². The maximum absolute atomic E-state index is 13.0. The molecule has 0 N–H and O–H groups in total. The van der Waals surface area contributed by atoms with Crippen molar-refractivity contribution in [2.75, 3.05) is 14.1 Å². The third kappa shape index (κ3) is 2.35. The second-order valence-corrected chi connectivity index (χ2v) is 8.93. The van der Waals surface area contributed by atoms with E-state index in [4.69, 9.17) is 4.74 Å². The number of amides is 3. The number of hydrogen-bond donors (Lipinski definition) is 0. The Balaban J connectivity index is 1.44. The molecule has 4 fully saturated rings. The first-order valence-corrected chi connectivity index (χ1v) is 9.76. The lowest BCUT2D eigenvalue weighted by atomic mass is 9.52. The minimum atomic E-state index is -0.424. The number of hydrogen-bond acceptors (Lipinski definition) is 4. The molecule has 1 aliphatic heterocycles. The molecular formula is C21H24N2O4. The van der Waals surface area contributed by atoms with Crippen LogP contribution in [0.15, 0.2) is 24.3 Å². The van der Waals surface area contributed by atoms with E-state index in [1.54, 1.807) is 38.4 Å². The Kier molecular flexibility index (Phi) is 3.46. The molecule has 0 saturated heterocycles. The Morgan fingerprint density at radius 1 is 1.04 bits per heavy atom. The molecule has 4 saturated carbocycles. The van der Waals surface area contributed by atoms with E-state index >= 15 is 0 Å². The first-order chi connectivity index (χ1) is 12.9. The number of benzene rings is 1. The lowest BCUT2D eigenvalue weighted by Crippen LogP contribution is -2.63. The Bertz CT molecular complexity index is 797.